The smallest absolute Gasteiger partial charge is 0.309 e. The van der Waals surface area contributed by atoms with Gasteiger partial charge in [-0.3, -0.25) is 14.5 Å². The molecule has 8 rings (SSSR count). The summed E-state index contributed by atoms with van der Waals surface area (Å²) in [7, 11) is -2.91. The third-order valence-electron chi connectivity index (χ3n) is 20.7. The Morgan fingerprint density at radius 1 is 0.750 bits per heavy atom. The van der Waals surface area contributed by atoms with Crippen LogP contribution in [-0.4, -0.2) is 79.2 Å². The van der Waals surface area contributed by atoms with Gasteiger partial charge in [0.1, 0.15) is 6.10 Å². The molecular formula is C47H78N2O6S. The fourth-order valence-corrected chi connectivity index (χ4v) is 17.8. The number of carbonyl (C=O) groups is 2. The van der Waals surface area contributed by atoms with E-state index in [-0.39, 0.29) is 45.2 Å². The number of carbonyl (C=O) groups excluding carboxylic acids is 1. The number of hydrogen-bond donors (Lipinski definition) is 2. The van der Waals surface area contributed by atoms with E-state index in [1.165, 1.54) is 64.2 Å². The second-order valence-corrected chi connectivity index (χ2v) is 26.1. The van der Waals surface area contributed by atoms with Crippen molar-refractivity contribution in [3.05, 3.63) is 0 Å². The number of sulfone groups is 1. The van der Waals surface area contributed by atoms with Crippen LogP contribution in [0, 0.1) is 79.8 Å². The largest absolute Gasteiger partial charge is 0.481 e. The second kappa shape index (κ2) is 13.4. The molecule has 0 aromatic carbocycles. The van der Waals surface area contributed by atoms with Crippen LogP contribution in [0.25, 0.3) is 0 Å². The first-order valence-electron chi connectivity index (χ1n) is 23.1. The van der Waals surface area contributed by atoms with E-state index in [2.05, 4.69) is 65.6 Å². The van der Waals surface area contributed by atoms with Crippen LogP contribution in [0.15, 0.2) is 0 Å². The molecule has 9 heteroatoms. The minimum absolute atomic E-state index is 0.132. The Morgan fingerprint density at radius 3 is 2.04 bits per heavy atom. The minimum atomic E-state index is -2.91. The SMILES string of the molecule is CC(C)[C@H](CNC12CC[C@@H](C3(C)CC3)[C@@H]1[C@H]1CC[C@@H]3[C@@]4(C)CC[C@H](OC(=O)[C@H]5C[C@@H](C(=O)O)C5(C)C)C(C)(C)[C@@H]4CC[C@@]3(C)[C@]1(C)CC2)N1CCS(=O)(=O)CC1. The fourth-order valence-electron chi connectivity index (χ4n) is 16.6. The molecule has 0 bridgehead atoms. The second-order valence-electron chi connectivity index (χ2n) is 23.8. The Labute approximate surface area is 340 Å². The molecule has 1 aliphatic heterocycles. The van der Waals surface area contributed by atoms with E-state index < -0.39 is 27.1 Å². The molecule has 0 aromatic heterocycles. The number of hydrogen-bond acceptors (Lipinski definition) is 7. The number of nitrogens with zero attached hydrogens (tertiary/aromatic N) is 1. The Balaban J connectivity index is 1.02. The van der Waals surface area contributed by atoms with Crippen molar-refractivity contribution in [3.63, 3.8) is 0 Å². The van der Waals surface area contributed by atoms with E-state index in [4.69, 9.17) is 4.74 Å². The number of nitrogens with one attached hydrogen (secondary N) is 1. The van der Waals surface area contributed by atoms with E-state index in [1.807, 2.05) is 13.8 Å². The molecule has 8 nitrogen and oxygen atoms in total. The number of fused-ring (bicyclic) bond motifs is 7. The van der Waals surface area contributed by atoms with Crippen molar-refractivity contribution in [2.45, 2.75) is 170 Å². The number of esters is 1. The van der Waals surface area contributed by atoms with Gasteiger partial charge in [-0.15, -0.1) is 0 Å². The van der Waals surface area contributed by atoms with Crippen LogP contribution in [0.4, 0.5) is 0 Å². The van der Waals surface area contributed by atoms with Gasteiger partial charge in [0.05, 0.1) is 23.3 Å². The zero-order valence-electron chi connectivity index (χ0n) is 36.8. The van der Waals surface area contributed by atoms with Gasteiger partial charge in [-0.25, -0.2) is 8.42 Å². The Kier molecular flexibility index (Phi) is 9.94. The van der Waals surface area contributed by atoms with Crippen LogP contribution in [-0.2, 0) is 24.2 Å². The zero-order valence-corrected chi connectivity index (χ0v) is 37.7. The predicted molar refractivity (Wildman–Crippen MR) is 222 cm³/mol. The van der Waals surface area contributed by atoms with E-state index in [0.717, 1.165) is 25.3 Å². The molecule has 1 saturated heterocycles. The molecule has 2 N–H and O–H groups in total. The van der Waals surface area contributed by atoms with Gasteiger partial charge >= 0.3 is 11.9 Å². The van der Waals surface area contributed by atoms with Crippen molar-refractivity contribution in [1.29, 1.82) is 0 Å². The number of rotatable bonds is 9. The molecule has 0 radical (unpaired) electrons. The summed E-state index contributed by atoms with van der Waals surface area (Å²) in [6.45, 7) is 26.2. The van der Waals surface area contributed by atoms with Crippen LogP contribution >= 0.6 is 0 Å². The maximum Gasteiger partial charge on any atom is 0.309 e. The number of aliphatic carboxylic acids is 1. The summed E-state index contributed by atoms with van der Waals surface area (Å²) >= 11 is 0. The molecule has 8 aliphatic rings. The molecule has 7 aliphatic carbocycles. The zero-order chi connectivity index (χ0) is 40.6. The van der Waals surface area contributed by atoms with E-state index >= 15 is 0 Å². The lowest BCUT2D eigenvalue weighted by Crippen LogP contribution is -2.69. The maximum absolute atomic E-state index is 13.7. The van der Waals surface area contributed by atoms with Gasteiger partial charge in [0.2, 0.25) is 0 Å². The number of carboxylic acids is 1. The highest BCUT2D eigenvalue weighted by Gasteiger charge is 2.72. The van der Waals surface area contributed by atoms with Crippen LogP contribution < -0.4 is 5.32 Å². The Bertz CT molecular complexity index is 1670. The minimum Gasteiger partial charge on any atom is -0.481 e. The molecule has 0 spiro atoms. The Hall–Kier alpha value is -1.19. The Morgan fingerprint density at radius 2 is 1.43 bits per heavy atom. The average molecular weight is 799 g/mol. The fraction of sp³-hybridized carbons (Fsp3) is 0.957. The van der Waals surface area contributed by atoms with Crippen LogP contribution in [0.5, 0.6) is 0 Å². The van der Waals surface area contributed by atoms with Gasteiger partial charge in [-0.2, -0.15) is 0 Å². The molecule has 1 heterocycles. The van der Waals surface area contributed by atoms with Crippen LogP contribution in [0.3, 0.4) is 0 Å². The topological polar surface area (TPSA) is 113 Å². The highest BCUT2D eigenvalue weighted by atomic mass is 32.2. The van der Waals surface area contributed by atoms with Crippen molar-refractivity contribution in [3.8, 4) is 0 Å². The van der Waals surface area contributed by atoms with Gasteiger partial charge in [0.15, 0.2) is 9.84 Å². The third kappa shape index (κ3) is 6.07. The van der Waals surface area contributed by atoms with Crippen molar-refractivity contribution >= 4 is 21.8 Å². The quantitative estimate of drug-likeness (QED) is 0.223. The molecule has 318 valence electrons. The molecule has 56 heavy (non-hydrogen) atoms. The molecule has 1 unspecified atom stereocenters. The van der Waals surface area contributed by atoms with E-state index in [1.54, 1.807) is 0 Å². The first-order valence-corrected chi connectivity index (χ1v) is 24.9. The molecule has 13 atom stereocenters. The standard InChI is InChI=1S/C47H78N2O6S/c1-29(2)34(49-23-25-56(53,54)26-24-49)28-48-47-18-13-30(43(7)19-20-43)38(47)31-11-12-36-44(8)16-15-37(55-40(52)33-27-32(39(50)51)41(33,3)4)42(5,6)35(44)14-17-46(36,10)45(31,9)21-22-47/h29-38,48H,11-28H2,1-10H3,(H,50,51)/t30-,31-,32+,33-,34+,35+,36-,37+,38-,44+,45-,46-,47?/m1/s1. The maximum atomic E-state index is 13.7. The van der Waals surface area contributed by atoms with Gasteiger partial charge < -0.3 is 15.2 Å². The normalized spacial score (nSPS) is 47.6. The van der Waals surface area contributed by atoms with Gasteiger partial charge in [-0.1, -0.05) is 69.2 Å². The number of carboxylic acid groups (broad SMARTS) is 1. The molecule has 0 aromatic rings. The van der Waals surface area contributed by atoms with Crippen molar-refractivity contribution < 1.29 is 27.9 Å². The number of ether oxygens (including phenoxy) is 1. The van der Waals surface area contributed by atoms with Crippen molar-refractivity contribution in [2.24, 2.45) is 79.8 Å². The van der Waals surface area contributed by atoms with Gasteiger partial charge in [-0.05, 0) is 146 Å². The van der Waals surface area contributed by atoms with Crippen molar-refractivity contribution in [2.75, 3.05) is 31.1 Å². The first-order chi connectivity index (χ1) is 26.0. The summed E-state index contributed by atoms with van der Waals surface area (Å²) in [6, 6.07) is 0.354. The predicted octanol–water partition coefficient (Wildman–Crippen LogP) is 8.62. The molecular weight excluding hydrogens is 721 g/mol. The van der Waals surface area contributed by atoms with E-state index in [9.17, 15) is 23.1 Å². The highest BCUT2D eigenvalue weighted by molar-refractivity contribution is 7.91. The summed E-state index contributed by atoms with van der Waals surface area (Å²) < 4.78 is 31.2. The lowest BCUT2D eigenvalue weighted by atomic mass is 9.32. The lowest BCUT2D eigenvalue weighted by molar-refractivity contribution is -0.250. The molecule has 7 saturated carbocycles. The summed E-state index contributed by atoms with van der Waals surface area (Å²) in [5.74, 6) is 2.53. The summed E-state index contributed by atoms with van der Waals surface area (Å²) in [6.07, 6.45) is 15.2. The van der Waals surface area contributed by atoms with Crippen LogP contribution in [0.1, 0.15) is 153 Å². The summed E-state index contributed by atoms with van der Waals surface area (Å²) in [4.78, 5) is 28.0. The van der Waals surface area contributed by atoms with E-state index in [0.29, 0.717) is 72.1 Å². The molecule has 8 fully saturated rings. The monoisotopic (exact) mass is 799 g/mol. The summed E-state index contributed by atoms with van der Waals surface area (Å²) in [5.41, 5.74) is 0.652. The van der Waals surface area contributed by atoms with Crippen molar-refractivity contribution in [1.82, 2.24) is 10.2 Å². The molecule has 0 amide bonds. The van der Waals surface area contributed by atoms with Gasteiger partial charge in [0.25, 0.3) is 0 Å². The van der Waals surface area contributed by atoms with Crippen LogP contribution in [0.2, 0.25) is 0 Å². The van der Waals surface area contributed by atoms with Gasteiger partial charge in [0, 0.05) is 36.6 Å². The first kappa shape index (κ1) is 41.5. The summed E-state index contributed by atoms with van der Waals surface area (Å²) in [5, 5.41) is 14.1. The average Bonchev–Trinajstić information content (AvgIpc) is 3.72. The lowest BCUT2D eigenvalue weighted by Gasteiger charge is -2.73. The third-order valence-corrected chi connectivity index (χ3v) is 22.3. The highest BCUT2D eigenvalue weighted by Crippen LogP contribution is 2.78.